The minimum Gasteiger partial charge on any atom is -0.258 e. The second kappa shape index (κ2) is 7.69. The molecule has 0 aliphatic rings. The number of rotatable bonds is 7. The Morgan fingerprint density at radius 1 is 1.12 bits per heavy atom. The Kier molecular flexibility index (Phi) is 5.64. The Hall–Kier alpha value is -2.74. The van der Waals surface area contributed by atoms with E-state index in [4.69, 9.17) is 0 Å². The molecule has 0 aliphatic carbocycles. The number of nitrogens with zero attached hydrogens (tertiary/aromatic N) is 2. The third-order valence-electron chi connectivity index (χ3n) is 3.30. The van der Waals surface area contributed by atoms with Crippen molar-refractivity contribution in [3.05, 3.63) is 69.8 Å². The molecule has 0 fully saturated rings. The third-order valence-corrected chi connectivity index (χ3v) is 4.54. The lowest BCUT2D eigenvalue weighted by molar-refractivity contribution is -0.384. The maximum Gasteiger partial charge on any atom is 0.276 e. The average molecular weight is 347 g/mol. The van der Waals surface area contributed by atoms with Gasteiger partial charge in [0.05, 0.1) is 9.82 Å². The number of hydrogen-bond acceptors (Lipinski definition) is 5. The summed E-state index contributed by atoms with van der Waals surface area (Å²) in [4.78, 5) is 12.4. The van der Waals surface area contributed by atoms with Crippen molar-refractivity contribution in [2.45, 2.75) is 24.7 Å². The van der Waals surface area contributed by atoms with Crippen LogP contribution in [0.5, 0.6) is 0 Å². The first-order chi connectivity index (χ1) is 11.4. The van der Waals surface area contributed by atoms with E-state index in [1.165, 1.54) is 30.5 Å². The molecule has 0 atom stereocenters. The lowest BCUT2D eigenvalue weighted by Crippen LogP contribution is -2.18. The minimum atomic E-state index is -3.66. The Morgan fingerprint density at radius 2 is 1.75 bits per heavy atom. The molecule has 0 saturated carbocycles. The maximum atomic E-state index is 12.0. The van der Waals surface area contributed by atoms with Gasteiger partial charge in [-0.25, -0.2) is 4.83 Å². The highest BCUT2D eigenvalue weighted by Gasteiger charge is 2.11. The first-order valence-corrected chi connectivity index (χ1v) is 8.70. The molecule has 0 spiro atoms. The van der Waals surface area contributed by atoms with Crippen molar-refractivity contribution in [2.75, 3.05) is 0 Å². The molecule has 2 rings (SSSR count). The quantitative estimate of drug-likeness (QED) is 0.472. The number of benzene rings is 2. The Labute approximate surface area is 140 Å². The van der Waals surface area contributed by atoms with Crippen LogP contribution in [0.1, 0.15) is 17.5 Å². The number of sulfonamides is 1. The van der Waals surface area contributed by atoms with E-state index in [1.807, 2.05) is 6.92 Å². The summed E-state index contributed by atoms with van der Waals surface area (Å²) in [5.74, 6) is 0. The van der Waals surface area contributed by atoms with E-state index >= 15 is 0 Å². The zero-order chi connectivity index (χ0) is 17.6. The number of aryl methyl sites for hydroxylation is 2. The molecular formula is C16H17N3O4S. The van der Waals surface area contributed by atoms with Crippen molar-refractivity contribution in [3.63, 3.8) is 0 Å². The van der Waals surface area contributed by atoms with Crippen molar-refractivity contribution in [1.82, 2.24) is 4.83 Å². The van der Waals surface area contributed by atoms with Gasteiger partial charge < -0.3 is 0 Å². The molecule has 7 nitrogen and oxygen atoms in total. The van der Waals surface area contributed by atoms with Crippen molar-refractivity contribution in [1.29, 1.82) is 0 Å². The van der Waals surface area contributed by atoms with E-state index in [2.05, 4.69) is 9.93 Å². The first kappa shape index (κ1) is 17.6. The van der Waals surface area contributed by atoms with Crippen molar-refractivity contribution in [2.24, 2.45) is 5.10 Å². The largest absolute Gasteiger partial charge is 0.276 e. The van der Waals surface area contributed by atoms with Gasteiger partial charge in [-0.15, -0.1) is 0 Å². The fraction of sp³-hybridized carbons (Fsp3) is 0.188. The van der Waals surface area contributed by atoms with Crippen molar-refractivity contribution in [3.8, 4) is 0 Å². The zero-order valence-electron chi connectivity index (χ0n) is 13.0. The normalized spacial score (nSPS) is 11.5. The second-order valence-corrected chi connectivity index (χ2v) is 6.84. The summed E-state index contributed by atoms with van der Waals surface area (Å²) in [6.45, 7) is 1.88. The fourth-order valence-electron chi connectivity index (χ4n) is 1.96. The van der Waals surface area contributed by atoms with Crippen molar-refractivity contribution >= 4 is 21.9 Å². The molecule has 126 valence electrons. The van der Waals surface area contributed by atoms with Crippen LogP contribution < -0.4 is 4.83 Å². The molecule has 0 aromatic heterocycles. The summed E-state index contributed by atoms with van der Waals surface area (Å²) in [5, 5.41) is 14.3. The third kappa shape index (κ3) is 4.88. The molecule has 0 radical (unpaired) electrons. The van der Waals surface area contributed by atoms with E-state index < -0.39 is 14.9 Å². The smallest absolute Gasteiger partial charge is 0.258 e. The van der Waals surface area contributed by atoms with Gasteiger partial charge in [-0.3, -0.25) is 10.1 Å². The average Bonchev–Trinajstić information content (AvgIpc) is 2.55. The fourth-order valence-corrected chi connectivity index (χ4v) is 2.77. The van der Waals surface area contributed by atoms with Gasteiger partial charge in [-0.05, 0) is 37.5 Å². The molecule has 0 saturated heterocycles. The molecule has 2 aromatic carbocycles. The molecule has 0 bridgehead atoms. The Morgan fingerprint density at radius 3 is 2.33 bits per heavy atom. The monoisotopic (exact) mass is 347 g/mol. The maximum absolute atomic E-state index is 12.0. The van der Waals surface area contributed by atoms with E-state index in [9.17, 15) is 18.5 Å². The van der Waals surface area contributed by atoms with Gasteiger partial charge in [0.2, 0.25) is 0 Å². The molecular weight excluding hydrogens is 330 g/mol. The van der Waals surface area contributed by atoms with Crippen LogP contribution in [0.4, 0.5) is 5.69 Å². The topological polar surface area (TPSA) is 102 Å². The van der Waals surface area contributed by atoms with Gasteiger partial charge in [0.15, 0.2) is 0 Å². The van der Waals surface area contributed by atoms with Crippen LogP contribution in [-0.4, -0.2) is 19.6 Å². The summed E-state index contributed by atoms with van der Waals surface area (Å²) in [6.07, 6.45) is 2.58. The van der Waals surface area contributed by atoms with Gasteiger partial charge in [0.1, 0.15) is 0 Å². The van der Waals surface area contributed by atoms with Crippen molar-refractivity contribution < 1.29 is 13.3 Å². The zero-order valence-corrected chi connectivity index (χ0v) is 13.9. The number of hydrogen-bond donors (Lipinski definition) is 1. The SMILES string of the molecule is Cc1ccc(S(=O)(=O)N/N=C\CCc2ccc([N+](=O)[O-])cc2)cc1. The van der Waals surface area contributed by atoms with Crippen LogP contribution in [0.25, 0.3) is 0 Å². The molecule has 0 unspecified atom stereocenters. The van der Waals surface area contributed by atoms with Crippen LogP contribution in [-0.2, 0) is 16.4 Å². The molecule has 1 N–H and O–H groups in total. The van der Waals surface area contributed by atoms with Gasteiger partial charge in [0.25, 0.3) is 15.7 Å². The Bertz CT molecular complexity index is 829. The lowest BCUT2D eigenvalue weighted by atomic mass is 10.1. The van der Waals surface area contributed by atoms with Crippen LogP contribution in [0.3, 0.4) is 0 Å². The lowest BCUT2D eigenvalue weighted by Gasteiger charge is -2.03. The van der Waals surface area contributed by atoms with E-state index in [0.717, 1.165) is 11.1 Å². The number of nitro groups is 1. The molecule has 8 heteroatoms. The predicted molar refractivity (Wildman–Crippen MR) is 91.4 cm³/mol. The van der Waals surface area contributed by atoms with E-state index in [-0.39, 0.29) is 10.6 Å². The van der Waals surface area contributed by atoms with E-state index in [0.29, 0.717) is 12.8 Å². The van der Waals surface area contributed by atoms with Gasteiger partial charge in [-0.2, -0.15) is 13.5 Å². The van der Waals surface area contributed by atoms with Gasteiger partial charge >= 0.3 is 0 Å². The molecule has 24 heavy (non-hydrogen) atoms. The van der Waals surface area contributed by atoms with Crippen LogP contribution >= 0.6 is 0 Å². The van der Waals surface area contributed by atoms with Crippen LogP contribution in [0, 0.1) is 17.0 Å². The van der Waals surface area contributed by atoms with Crippen LogP contribution in [0.15, 0.2) is 58.5 Å². The molecule has 0 amide bonds. The first-order valence-electron chi connectivity index (χ1n) is 7.22. The standard InChI is InChI=1S/C16H17N3O4S/c1-13-4-10-16(11-5-13)24(22,23)18-17-12-2-3-14-6-8-15(9-7-14)19(20)21/h4-12,18H,2-3H2,1H3/b17-12-. The molecule has 0 aliphatic heterocycles. The van der Waals surface area contributed by atoms with Gasteiger partial charge in [-0.1, -0.05) is 29.8 Å². The number of non-ortho nitro benzene ring substituents is 1. The summed E-state index contributed by atoms with van der Waals surface area (Å²) >= 11 is 0. The van der Waals surface area contributed by atoms with Crippen LogP contribution in [0.2, 0.25) is 0 Å². The highest BCUT2D eigenvalue weighted by atomic mass is 32.2. The molecule has 0 heterocycles. The number of nitrogens with one attached hydrogen (secondary N) is 1. The number of hydrazone groups is 1. The second-order valence-electron chi connectivity index (χ2n) is 5.18. The highest BCUT2D eigenvalue weighted by molar-refractivity contribution is 7.89. The molecule has 2 aromatic rings. The summed E-state index contributed by atoms with van der Waals surface area (Å²) < 4.78 is 24.0. The van der Waals surface area contributed by atoms with E-state index in [1.54, 1.807) is 24.3 Å². The van der Waals surface area contributed by atoms with Gasteiger partial charge in [0, 0.05) is 18.3 Å². The summed E-state index contributed by atoms with van der Waals surface area (Å²) in [5.41, 5.74) is 1.92. The Balaban J connectivity index is 1.86. The minimum absolute atomic E-state index is 0.0401. The highest BCUT2D eigenvalue weighted by Crippen LogP contribution is 2.13. The summed E-state index contributed by atoms with van der Waals surface area (Å²) in [6, 6.07) is 12.7. The predicted octanol–water partition coefficient (Wildman–Crippen LogP) is 2.80. The summed E-state index contributed by atoms with van der Waals surface area (Å²) in [7, 11) is -3.66. The number of nitro benzene ring substituents is 1.